The van der Waals surface area contributed by atoms with Crippen molar-refractivity contribution in [2.24, 2.45) is 5.14 Å². The number of hydrogen-bond donors (Lipinski definition) is 2. The lowest BCUT2D eigenvalue weighted by molar-refractivity contribution is -0.147. The zero-order valence-corrected chi connectivity index (χ0v) is 16.2. The number of aromatic amines is 1. The highest BCUT2D eigenvalue weighted by Crippen LogP contribution is 2.30. The number of carbonyl (C=O) groups is 2. The quantitative estimate of drug-likeness (QED) is 0.614. The molecule has 0 spiro atoms. The average Bonchev–Trinajstić information content (AvgIpc) is 3.29. The van der Waals surface area contributed by atoms with E-state index in [4.69, 9.17) is 9.88 Å². The highest BCUT2D eigenvalue weighted by molar-refractivity contribution is 7.89. The second-order valence-corrected chi connectivity index (χ2v) is 8.39. The number of nitrogens with two attached hydrogens (primary N) is 1. The Hall–Kier alpha value is -3.17. The smallest absolute Gasteiger partial charge is 0.310 e. The van der Waals surface area contributed by atoms with Crippen molar-refractivity contribution >= 4 is 38.5 Å². The minimum atomic E-state index is -3.80. The molecule has 3 N–H and O–H groups in total. The van der Waals surface area contributed by atoms with Crippen LogP contribution in [0.5, 0.6) is 0 Å². The van der Waals surface area contributed by atoms with E-state index in [1.165, 1.54) is 17.0 Å². The molecule has 4 rings (SSSR count). The van der Waals surface area contributed by atoms with Crippen molar-refractivity contribution in [3.8, 4) is 0 Å². The summed E-state index contributed by atoms with van der Waals surface area (Å²) in [6.07, 6.45) is 2.33. The van der Waals surface area contributed by atoms with Crippen LogP contribution in [0.3, 0.4) is 0 Å². The van der Waals surface area contributed by atoms with Crippen LogP contribution in [0.2, 0.25) is 0 Å². The molecule has 1 aromatic heterocycles. The Bertz CT molecular complexity index is 1220. The standard InChI is InChI=1S/C20H19N3O5S/c21-29(26,27)15-5-6-18-13(9-15)7-8-23(18)19(24)12-28-20(25)10-14-11-22-17-4-2-1-3-16(14)17/h1-6,9,11,22H,7-8,10,12H2,(H2,21,26,27). The maximum absolute atomic E-state index is 12.5. The van der Waals surface area contributed by atoms with Crippen LogP contribution in [0, 0.1) is 0 Å². The van der Waals surface area contributed by atoms with Gasteiger partial charge in [0.25, 0.3) is 5.91 Å². The predicted molar refractivity (Wildman–Crippen MR) is 107 cm³/mol. The van der Waals surface area contributed by atoms with Crippen molar-refractivity contribution in [2.45, 2.75) is 17.7 Å². The van der Waals surface area contributed by atoms with Gasteiger partial charge in [-0.1, -0.05) is 18.2 Å². The molecule has 1 amide bonds. The van der Waals surface area contributed by atoms with Crippen LogP contribution in [-0.4, -0.2) is 38.4 Å². The molecule has 3 aromatic rings. The van der Waals surface area contributed by atoms with Gasteiger partial charge in [-0.05, 0) is 41.8 Å². The average molecular weight is 413 g/mol. The Kier molecular flexibility index (Phi) is 4.85. The number of fused-ring (bicyclic) bond motifs is 2. The largest absolute Gasteiger partial charge is 0.455 e. The summed E-state index contributed by atoms with van der Waals surface area (Å²) in [5, 5.41) is 6.09. The van der Waals surface area contributed by atoms with Crippen LogP contribution in [0.4, 0.5) is 5.69 Å². The van der Waals surface area contributed by atoms with Gasteiger partial charge in [-0.2, -0.15) is 0 Å². The molecule has 0 radical (unpaired) electrons. The lowest BCUT2D eigenvalue weighted by Crippen LogP contribution is -2.33. The number of H-pyrrole nitrogens is 1. The fourth-order valence-electron chi connectivity index (χ4n) is 3.52. The number of benzene rings is 2. The van der Waals surface area contributed by atoms with Gasteiger partial charge < -0.3 is 14.6 Å². The van der Waals surface area contributed by atoms with Gasteiger partial charge >= 0.3 is 5.97 Å². The number of ether oxygens (including phenoxy) is 1. The van der Waals surface area contributed by atoms with E-state index in [2.05, 4.69) is 4.98 Å². The molecule has 1 aliphatic rings. The molecule has 0 aliphatic carbocycles. The van der Waals surface area contributed by atoms with Gasteiger partial charge in [-0.25, -0.2) is 13.6 Å². The number of nitrogens with one attached hydrogen (secondary N) is 1. The molecular weight excluding hydrogens is 394 g/mol. The zero-order chi connectivity index (χ0) is 20.6. The SMILES string of the molecule is NS(=O)(=O)c1ccc2c(c1)CCN2C(=O)COC(=O)Cc1c[nH]c2ccccc12. The van der Waals surface area contributed by atoms with E-state index in [1.807, 2.05) is 24.3 Å². The van der Waals surface area contributed by atoms with Crippen LogP contribution < -0.4 is 10.0 Å². The summed E-state index contributed by atoms with van der Waals surface area (Å²) >= 11 is 0. The van der Waals surface area contributed by atoms with E-state index >= 15 is 0 Å². The highest BCUT2D eigenvalue weighted by atomic mass is 32.2. The van der Waals surface area contributed by atoms with Gasteiger partial charge in [0.2, 0.25) is 10.0 Å². The molecular formula is C20H19N3O5S. The topological polar surface area (TPSA) is 123 Å². The van der Waals surface area contributed by atoms with E-state index in [1.54, 1.807) is 12.3 Å². The van der Waals surface area contributed by atoms with Gasteiger partial charge in [-0.3, -0.25) is 9.59 Å². The lowest BCUT2D eigenvalue weighted by atomic mass is 10.1. The summed E-state index contributed by atoms with van der Waals surface area (Å²) in [6.45, 7) is 0.0137. The number of carbonyl (C=O) groups excluding carboxylic acids is 2. The predicted octanol–water partition coefficient (Wildman–Crippen LogP) is 1.49. The van der Waals surface area contributed by atoms with Crippen molar-refractivity contribution in [2.75, 3.05) is 18.1 Å². The number of nitrogens with zero attached hydrogens (tertiary/aromatic N) is 1. The summed E-state index contributed by atoms with van der Waals surface area (Å²) < 4.78 is 28.1. The molecule has 29 heavy (non-hydrogen) atoms. The first-order valence-corrected chi connectivity index (χ1v) is 10.5. The Morgan fingerprint density at radius 2 is 1.97 bits per heavy atom. The first-order valence-electron chi connectivity index (χ1n) is 8.99. The highest BCUT2D eigenvalue weighted by Gasteiger charge is 2.26. The number of anilines is 1. The normalized spacial score (nSPS) is 13.5. The van der Waals surface area contributed by atoms with E-state index < -0.39 is 16.0 Å². The van der Waals surface area contributed by atoms with Crippen molar-refractivity contribution in [3.63, 3.8) is 0 Å². The van der Waals surface area contributed by atoms with Gasteiger partial charge in [0.1, 0.15) is 0 Å². The Morgan fingerprint density at radius 1 is 1.17 bits per heavy atom. The molecule has 150 valence electrons. The van der Waals surface area contributed by atoms with E-state index in [-0.39, 0.29) is 23.8 Å². The third kappa shape index (κ3) is 3.87. The van der Waals surface area contributed by atoms with Crippen LogP contribution in [0.15, 0.2) is 53.6 Å². The number of primary sulfonamides is 1. The monoisotopic (exact) mass is 413 g/mol. The summed E-state index contributed by atoms with van der Waals surface area (Å²) in [5.41, 5.74) is 3.06. The molecule has 8 nitrogen and oxygen atoms in total. The molecule has 0 unspecified atom stereocenters. The van der Waals surface area contributed by atoms with Crippen molar-refractivity contribution in [1.29, 1.82) is 0 Å². The van der Waals surface area contributed by atoms with Crippen LogP contribution in [0.25, 0.3) is 10.9 Å². The molecule has 2 aromatic carbocycles. The Labute approximate surface area is 167 Å². The number of para-hydroxylation sites is 1. The number of esters is 1. The van der Waals surface area contributed by atoms with Crippen LogP contribution >= 0.6 is 0 Å². The molecule has 9 heteroatoms. The summed E-state index contributed by atoms with van der Waals surface area (Å²) in [4.78, 5) is 29.3. The van der Waals surface area contributed by atoms with Gasteiger partial charge in [0, 0.05) is 29.3 Å². The minimum Gasteiger partial charge on any atom is -0.455 e. The molecule has 1 aliphatic heterocycles. The van der Waals surface area contributed by atoms with E-state index in [0.717, 1.165) is 22.0 Å². The second-order valence-electron chi connectivity index (χ2n) is 6.83. The third-order valence-corrected chi connectivity index (χ3v) is 5.85. The number of amides is 1. The summed E-state index contributed by atoms with van der Waals surface area (Å²) in [6, 6.07) is 12.0. The lowest BCUT2D eigenvalue weighted by Gasteiger charge is -2.17. The molecule has 0 fully saturated rings. The fraction of sp³-hybridized carbons (Fsp3) is 0.200. The van der Waals surface area contributed by atoms with Gasteiger partial charge in [0.05, 0.1) is 11.3 Å². The second kappa shape index (κ2) is 7.34. The van der Waals surface area contributed by atoms with E-state index in [9.17, 15) is 18.0 Å². The fourth-order valence-corrected chi connectivity index (χ4v) is 4.08. The number of rotatable bonds is 5. The Balaban J connectivity index is 1.39. The van der Waals surface area contributed by atoms with E-state index in [0.29, 0.717) is 18.7 Å². The van der Waals surface area contributed by atoms with Crippen LogP contribution in [0.1, 0.15) is 11.1 Å². The van der Waals surface area contributed by atoms with Crippen LogP contribution in [-0.2, 0) is 37.2 Å². The molecule has 0 saturated heterocycles. The molecule has 0 saturated carbocycles. The summed E-state index contributed by atoms with van der Waals surface area (Å²) in [5.74, 6) is -0.855. The Morgan fingerprint density at radius 3 is 2.76 bits per heavy atom. The number of sulfonamides is 1. The maximum atomic E-state index is 12.5. The number of aromatic nitrogens is 1. The maximum Gasteiger partial charge on any atom is 0.310 e. The summed E-state index contributed by atoms with van der Waals surface area (Å²) in [7, 11) is -3.80. The first-order chi connectivity index (χ1) is 13.8. The van der Waals surface area contributed by atoms with Crippen molar-refractivity contribution in [3.05, 3.63) is 59.8 Å². The van der Waals surface area contributed by atoms with Gasteiger partial charge in [0.15, 0.2) is 6.61 Å². The number of hydrogen-bond acceptors (Lipinski definition) is 5. The molecule has 2 heterocycles. The van der Waals surface area contributed by atoms with Gasteiger partial charge in [-0.15, -0.1) is 0 Å². The van der Waals surface area contributed by atoms with Crippen molar-refractivity contribution in [1.82, 2.24) is 4.98 Å². The molecule has 0 atom stereocenters. The first kappa shape index (κ1) is 19.2. The van der Waals surface area contributed by atoms with Crippen molar-refractivity contribution < 1.29 is 22.7 Å². The third-order valence-electron chi connectivity index (χ3n) is 4.94. The zero-order valence-electron chi connectivity index (χ0n) is 15.4. The minimum absolute atomic E-state index is 0.00991. The molecule has 0 bridgehead atoms.